The molecule has 1 aliphatic carbocycles. The molecule has 0 saturated heterocycles. The van der Waals surface area contributed by atoms with Crippen LogP contribution in [0.1, 0.15) is 39.2 Å². The molecule has 0 heterocycles. The molecule has 8 heteroatoms. The lowest BCUT2D eigenvalue weighted by Gasteiger charge is -2.35. The lowest BCUT2D eigenvalue weighted by molar-refractivity contribution is 0.0199. The third-order valence-electron chi connectivity index (χ3n) is 3.93. The molecule has 1 atom stereocenters. The maximum atomic E-state index is 14.3. The highest BCUT2D eigenvalue weighted by atomic mass is 35.5. The molecule has 1 aromatic rings. The first-order valence-electron chi connectivity index (χ1n) is 7.45. The largest absolute Gasteiger partial charge is 0.591 e. The Hall–Kier alpha value is -0.790. The van der Waals surface area contributed by atoms with Gasteiger partial charge in [-0.15, -0.1) is 0 Å². The molecule has 1 unspecified atom stereocenters. The van der Waals surface area contributed by atoms with Crippen LogP contribution in [0.25, 0.3) is 0 Å². The van der Waals surface area contributed by atoms with Gasteiger partial charge in [0.15, 0.2) is 5.82 Å². The number of hydrogen-bond donors (Lipinski definition) is 0. The normalized spacial score (nSPS) is 23.3. The Balaban J connectivity index is 2.41. The van der Waals surface area contributed by atoms with E-state index in [0.29, 0.717) is 0 Å². The predicted octanol–water partition coefficient (Wildman–Crippen LogP) is 5.16. The SMILES string of the molecule is CC(C)(C)[S+]([O-])N=C(c1ccc(F)c(Cl)c1F)C1CC(C(F)F)C1. The molecule has 134 valence electrons. The van der Waals surface area contributed by atoms with Crippen molar-refractivity contribution in [2.45, 2.75) is 44.8 Å². The summed E-state index contributed by atoms with van der Waals surface area (Å²) in [7, 11) is 0. The summed E-state index contributed by atoms with van der Waals surface area (Å²) in [5, 5.41) is -0.688. The average Bonchev–Trinajstić information content (AvgIpc) is 2.41. The van der Waals surface area contributed by atoms with Crippen LogP contribution in [0.3, 0.4) is 0 Å². The Labute approximate surface area is 146 Å². The fourth-order valence-electron chi connectivity index (χ4n) is 2.38. The molecule has 0 bridgehead atoms. The van der Waals surface area contributed by atoms with E-state index in [1.165, 1.54) is 0 Å². The van der Waals surface area contributed by atoms with Gasteiger partial charge in [-0.3, -0.25) is 0 Å². The fourth-order valence-corrected chi connectivity index (χ4v) is 3.25. The van der Waals surface area contributed by atoms with Gasteiger partial charge in [0.1, 0.15) is 32.7 Å². The molecular formula is C16H18ClF4NOS. The zero-order valence-electron chi connectivity index (χ0n) is 13.5. The fraction of sp³-hybridized carbons (Fsp3) is 0.562. The Kier molecular flexibility index (Phi) is 5.87. The van der Waals surface area contributed by atoms with Crippen molar-refractivity contribution >= 4 is 28.7 Å². The van der Waals surface area contributed by atoms with E-state index in [4.69, 9.17) is 11.6 Å². The molecule has 0 spiro atoms. The molecule has 1 fully saturated rings. The lowest BCUT2D eigenvalue weighted by Crippen LogP contribution is -2.37. The van der Waals surface area contributed by atoms with Gasteiger partial charge in [-0.1, -0.05) is 16.0 Å². The molecule has 1 saturated carbocycles. The van der Waals surface area contributed by atoms with E-state index in [2.05, 4.69) is 4.40 Å². The summed E-state index contributed by atoms with van der Waals surface area (Å²) in [6.45, 7) is 5.09. The second kappa shape index (κ2) is 7.22. The zero-order chi connectivity index (χ0) is 18.2. The lowest BCUT2D eigenvalue weighted by atomic mass is 9.71. The molecule has 0 amide bonds. The highest BCUT2D eigenvalue weighted by molar-refractivity contribution is 7.91. The average molecular weight is 384 g/mol. The Bertz CT molecular complexity index is 642. The van der Waals surface area contributed by atoms with Crippen LogP contribution in [0.15, 0.2) is 16.5 Å². The van der Waals surface area contributed by atoms with Crippen LogP contribution in [0.5, 0.6) is 0 Å². The second-order valence-corrected chi connectivity index (χ2v) is 9.11. The summed E-state index contributed by atoms with van der Waals surface area (Å²) in [4.78, 5) is 0. The smallest absolute Gasteiger partial charge is 0.241 e. The molecular weight excluding hydrogens is 366 g/mol. The van der Waals surface area contributed by atoms with Gasteiger partial charge in [0.2, 0.25) is 6.43 Å². The van der Waals surface area contributed by atoms with Crippen LogP contribution < -0.4 is 0 Å². The minimum atomic E-state index is -2.46. The third kappa shape index (κ3) is 4.06. The van der Waals surface area contributed by atoms with E-state index in [-0.39, 0.29) is 24.1 Å². The van der Waals surface area contributed by atoms with Crippen molar-refractivity contribution in [1.29, 1.82) is 0 Å². The van der Waals surface area contributed by atoms with Crippen LogP contribution in [-0.2, 0) is 11.4 Å². The molecule has 1 aromatic carbocycles. The van der Waals surface area contributed by atoms with E-state index < -0.39 is 51.0 Å². The van der Waals surface area contributed by atoms with Crippen LogP contribution in [0.4, 0.5) is 17.6 Å². The first-order chi connectivity index (χ1) is 11.0. The molecule has 1 aliphatic rings. The molecule has 2 rings (SSSR count). The molecule has 2 nitrogen and oxygen atoms in total. The van der Waals surface area contributed by atoms with Crippen molar-refractivity contribution in [3.63, 3.8) is 0 Å². The summed E-state index contributed by atoms with van der Waals surface area (Å²) >= 11 is 3.90. The van der Waals surface area contributed by atoms with E-state index in [1.807, 2.05) is 0 Å². The highest BCUT2D eigenvalue weighted by Crippen LogP contribution is 2.41. The maximum absolute atomic E-state index is 14.3. The van der Waals surface area contributed by atoms with Gasteiger partial charge in [-0.05, 0) is 45.7 Å². The van der Waals surface area contributed by atoms with E-state index in [0.717, 1.165) is 12.1 Å². The van der Waals surface area contributed by atoms with E-state index in [9.17, 15) is 22.1 Å². The van der Waals surface area contributed by atoms with Crippen molar-refractivity contribution in [3.8, 4) is 0 Å². The van der Waals surface area contributed by atoms with Crippen LogP contribution in [0.2, 0.25) is 5.02 Å². The molecule has 0 aromatic heterocycles. The highest BCUT2D eigenvalue weighted by Gasteiger charge is 2.41. The van der Waals surface area contributed by atoms with Crippen LogP contribution >= 0.6 is 11.6 Å². The number of alkyl halides is 2. The predicted molar refractivity (Wildman–Crippen MR) is 88.0 cm³/mol. The molecule has 0 aliphatic heterocycles. The quantitative estimate of drug-likeness (QED) is 0.306. The first-order valence-corrected chi connectivity index (χ1v) is 8.93. The van der Waals surface area contributed by atoms with E-state index in [1.54, 1.807) is 20.8 Å². The van der Waals surface area contributed by atoms with Gasteiger partial charge < -0.3 is 4.55 Å². The zero-order valence-corrected chi connectivity index (χ0v) is 15.0. The number of nitrogens with zero attached hydrogens (tertiary/aromatic N) is 1. The minimum Gasteiger partial charge on any atom is -0.591 e. The molecule has 0 N–H and O–H groups in total. The number of benzene rings is 1. The standard InChI is InChI=1S/C16H18ClF4NOS/c1-16(2,3)24(23)22-14(8-6-9(7-8)15(20)21)10-4-5-11(18)12(17)13(10)19/h4-5,8-9,15H,6-7H2,1-3H3. The summed E-state index contributed by atoms with van der Waals surface area (Å²) in [5.41, 5.74) is 0.0243. The van der Waals surface area contributed by atoms with Crippen molar-refractivity contribution in [1.82, 2.24) is 0 Å². The van der Waals surface area contributed by atoms with Crippen molar-refractivity contribution < 1.29 is 22.1 Å². The molecule has 0 radical (unpaired) electrons. The van der Waals surface area contributed by atoms with Crippen molar-refractivity contribution in [2.24, 2.45) is 16.2 Å². The third-order valence-corrected chi connectivity index (χ3v) is 5.69. The summed E-state index contributed by atoms with van der Waals surface area (Å²) < 4.78 is 68.9. The van der Waals surface area contributed by atoms with Gasteiger partial charge in [0.05, 0.1) is 0 Å². The van der Waals surface area contributed by atoms with Gasteiger partial charge in [-0.25, -0.2) is 17.6 Å². The minimum absolute atomic E-state index is 0.0864. The Morgan fingerprint density at radius 1 is 1.29 bits per heavy atom. The maximum Gasteiger partial charge on any atom is 0.241 e. The summed E-state index contributed by atoms with van der Waals surface area (Å²) in [6, 6.07) is 2.14. The second-order valence-electron chi connectivity index (χ2n) is 6.82. The Morgan fingerprint density at radius 2 is 1.88 bits per heavy atom. The van der Waals surface area contributed by atoms with Gasteiger partial charge in [0.25, 0.3) is 0 Å². The monoisotopic (exact) mass is 383 g/mol. The van der Waals surface area contributed by atoms with Crippen LogP contribution in [-0.4, -0.2) is 21.4 Å². The van der Waals surface area contributed by atoms with Crippen molar-refractivity contribution in [3.05, 3.63) is 34.4 Å². The van der Waals surface area contributed by atoms with E-state index >= 15 is 0 Å². The topological polar surface area (TPSA) is 35.4 Å². The van der Waals surface area contributed by atoms with Gasteiger partial charge in [-0.2, -0.15) is 0 Å². The Morgan fingerprint density at radius 3 is 2.38 bits per heavy atom. The summed E-state index contributed by atoms with van der Waals surface area (Å²) in [5.74, 6) is -3.18. The summed E-state index contributed by atoms with van der Waals surface area (Å²) in [6.07, 6.45) is -2.23. The first kappa shape index (κ1) is 19.5. The van der Waals surface area contributed by atoms with Crippen LogP contribution in [0, 0.1) is 23.5 Å². The number of hydrogen-bond acceptors (Lipinski definition) is 2. The van der Waals surface area contributed by atoms with Gasteiger partial charge >= 0.3 is 0 Å². The molecule has 24 heavy (non-hydrogen) atoms. The number of halogens is 5. The number of rotatable bonds is 4. The van der Waals surface area contributed by atoms with Gasteiger partial charge in [0, 0.05) is 17.4 Å². The van der Waals surface area contributed by atoms with Crippen molar-refractivity contribution in [2.75, 3.05) is 0 Å².